The summed E-state index contributed by atoms with van der Waals surface area (Å²) in [6.07, 6.45) is 7.37. The number of fused-ring (bicyclic) bond motifs is 1. The Morgan fingerprint density at radius 2 is 2.19 bits per heavy atom. The highest BCUT2D eigenvalue weighted by atomic mass is 16.1. The quantitative estimate of drug-likeness (QED) is 0.834. The number of amides is 1. The summed E-state index contributed by atoms with van der Waals surface area (Å²) in [6.45, 7) is 2.67. The molecule has 3 heteroatoms. The lowest BCUT2D eigenvalue weighted by Crippen LogP contribution is -2.30. The lowest BCUT2D eigenvalue weighted by atomic mass is 9.81. The Morgan fingerprint density at radius 1 is 1.29 bits per heavy atom. The van der Waals surface area contributed by atoms with Crippen LogP contribution in [-0.4, -0.2) is 25.5 Å². The minimum atomic E-state index is 0.191. The Labute approximate surface area is 126 Å². The van der Waals surface area contributed by atoms with Crippen molar-refractivity contribution in [3.8, 4) is 0 Å². The van der Waals surface area contributed by atoms with Crippen molar-refractivity contribution in [2.24, 2.45) is 0 Å². The van der Waals surface area contributed by atoms with Crippen molar-refractivity contribution < 1.29 is 4.79 Å². The zero-order valence-electron chi connectivity index (χ0n) is 12.5. The van der Waals surface area contributed by atoms with Gasteiger partial charge in [-0.1, -0.05) is 35.9 Å². The van der Waals surface area contributed by atoms with Crippen LogP contribution in [0.2, 0.25) is 0 Å². The van der Waals surface area contributed by atoms with E-state index in [2.05, 4.69) is 41.0 Å². The first-order chi connectivity index (χ1) is 10.3. The number of nitrogens with one attached hydrogen (secondary N) is 2. The summed E-state index contributed by atoms with van der Waals surface area (Å²) in [5.74, 6) is 0.591. The predicted molar refractivity (Wildman–Crippen MR) is 85.3 cm³/mol. The highest BCUT2D eigenvalue weighted by molar-refractivity contribution is 5.77. The topological polar surface area (TPSA) is 41.1 Å². The predicted octanol–water partition coefficient (Wildman–Crippen LogP) is 2.53. The molecule has 0 saturated heterocycles. The number of benzene rings is 1. The fraction of sp³-hybridized carbons (Fsp3) is 0.500. The molecule has 1 unspecified atom stereocenters. The SMILES string of the molecule is O=C(CC1CCCc2ccccc21)NCC1=CCNCC1. The number of aryl methyl sites for hydroxylation is 1. The molecule has 2 N–H and O–H groups in total. The number of rotatable bonds is 4. The lowest BCUT2D eigenvalue weighted by Gasteiger charge is -2.25. The molecule has 0 aromatic heterocycles. The highest BCUT2D eigenvalue weighted by Gasteiger charge is 2.22. The van der Waals surface area contributed by atoms with Gasteiger partial charge in [0.05, 0.1) is 0 Å². The largest absolute Gasteiger partial charge is 0.352 e. The second-order valence-electron chi connectivity index (χ2n) is 6.09. The van der Waals surface area contributed by atoms with Crippen LogP contribution in [-0.2, 0) is 11.2 Å². The summed E-state index contributed by atoms with van der Waals surface area (Å²) in [6, 6.07) is 8.60. The molecule has 0 radical (unpaired) electrons. The van der Waals surface area contributed by atoms with Crippen LogP contribution < -0.4 is 10.6 Å². The molecule has 3 nitrogen and oxygen atoms in total. The van der Waals surface area contributed by atoms with E-state index in [-0.39, 0.29) is 5.91 Å². The third kappa shape index (κ3) is 3.73. The van der Waals surface area contributed by atoms with E-state index in [1.807, 2.05) is 0 Å². The van der Waals surface area contributed by atoms with Crippen molar-refractivity contribution in [3.05, 3.63) is 47.0 Å². The van der Waals surface area contributed by atoms with E-state index >= 15 is 0 Å². The van der Waals surface area contributed by atoms with Gasteiger partial charge < -0.3 is 10.6 Å². The van der Waals surface area contributed by atoms with E-state index in [9.17, 15) is 4.79 Å². The van der Waals surface area contributed by atoms with E-state index in [0.717, 1.165) is 38.9 Å². The number of carbonyl (C=O) groups is 1. The number of carbonyl (C=O) groups excluding carboxylic acids is 1. The van der Waals surface area contributed by atoms with Crippen LogP contribution in [0.5, 0.6) is 0 Å². The van der Waals surface area contributed by atoms with Crippen LogP contribution in [0, 0.1) is 0 Å². The first-order valence-corrected chi connectivity index (χ1v) is 8.06. The molecule has 0 bridgehead atoms. The average Bonchev–Trinajstić information content (AvgIpc) is 2.54. The third-order valence-electron chi connectivity index (χ3n) is 4.60. The maximum absolute atomic E-state index is 12.2. The minimum absolute atomic E-state index is 0.191. The molecule has 1 amide bonds. The fourth-order valence-corrected chi connectivity index (χ4v) is 3.40. The Balaban J connectivity index is 1.54. The molecule has 2 aliphatic rings. The molecular weight excluding hydrogens is 260 g/mol. The molecule has 21 heavy (non-hydrogen) atoms. The van der Waals surface area contributed by atoms with Gasteiger partial charge in [0.15, 0.2) is 0 Å². The Kier molecular flexibility index (Phi) is 4.71. The highest BCUT2D eigenvalue weighted by Crippen LogP contribution is 2.33. The van der Waals surface area contributed by atoms with E-state index in [1.165, 1.54) is 23.1 Å². The molecule has 1 aliphatic carbocycles. The van der Waals surface area contributed by atoms with E-state index < -0.39 is 0 Å². The van der Waals surface area contributed by atoms with Crippen LogP contribution in [0.15, 0.2) is 35.9 Å². The Hall–Kier alpha value is -1.61. The molecule has 1 heterocycles. The van der Waals surface area contributed by atoms with Crippen molar-refractivity contribution in [1.29, 1.82) is 0 Å². The van der Waals surface area contributed by atoms with Gasteiger partial charge in [-0.05, 0) is 49.3 Å². The smallest absolute Gasteiger partial charge is 0.220 e. The van der Waals surface area contributed by atoms with E-state index in [4.69, 9.17) is 0 Å². The lowest BCUT2D eigenvalue weighted by molar-refractivity contribution is -0.121. The van der Waals surface area contributed by atoms with Gasteiger partial charge in [0.1, 0.15) is 0 Å². The first kappa shape index (κ1) is 14.3. The maximum atomic E-state index is 12.2. The molecule has 3 rings (SSSR count). The molecule has 0 spiro atoms. The van der Waals surface area contributed by atoms with E-state index in [0.29, 0.717) is 12.3 Å². The van der Waals surface area contributed by atoms with Gasteiger partial charge >= 0.3 is 0 Å². The average molecular weight is 284 g/mol. The molecule has 112 valence electrons. The molecule has 1 aliphatic heterocycles. The van der Waals surface area contributed by atoms with Gasteiger partial charge in [0, 0.05) is 19.5 Å². The van der Waals surface area contributed by atoms with Crippen LogP contribution in [0.25, 0.3) is 0 Å². The Morgan fingerprint density at radius 3 is 3.05 bits per heavy atom. The van der Waals surface area contributed by atoms with Gasteiger partial charge in [-0.15, -0.1) is 0 Å². The number of hydrogen-bond donors (Lipinski definition) is 2. The zero-order chi connectivity index (χ0) is 14.5. The standard InChI is InChI=1S/C18H24N2O/c21-18(20-13-14-8-10-19-11-9-14)12-16-6-3-5-15-4-1-2-7-17(15)16/h1-2,4,7-8,16,19H,3,5-6,9-13H2,(H,20,21). The molecule has 1 aromatic rings. The summed E-state index contributed by atoms with van der Waals surface area (Å²) in [4.78, 5) is 12.2. The van der Waals surface area contributed by atoms with Crippen molar-refractivity contribution >= 4 is 5.91 Å². The van der Waals surface area contributed by atoms with E-state index in [1.54, 1.807) is 0 Å². The molecular formula is C18H24N2O. The van der Waals surface area contributed by atoms with Gasteiger partial charge in [-0.3, -0.25) is 4.79 Å². The summed E-state index contributed by atoms with van der Waals surface area (Å²) >= 11 is 0. The molecule has 1 aromatic carbocycles. The van der Waals surface area contributed by atoms with Crippen LogP contribution in [0.4, 0.5) is 0 Å². The van der Waals surface area contributed by atoms with Gasteiger partial charge in [-0.25, -0.2) is 0 Å². The molecule has 1 atom stereocenters. The van der Waals surface area contributed by atoms with Crippen molar-refractivity contribution in [3.63, 3.8) is 0 Å². The maximum Gasteiger partial charge on any atom is 0.220 e. The zero-order valence-corrected chi connectivity index (χ0v) is 12.5. The Bertz CT molecular complexity index is 536. The molecule has 0 saturated carbocycles. The normalized spacial score (nSPS) is 21.3. The van der Waals surface area contributed by atoms with Gasteiger partial charge in [0.25, 0.3) is 0 Å². The van der Waals surface area contributed by atoms with Crippen molar-refractivity contribution in [2.75, 3.05) is 19.6 Å². The summed E-state index contributed by atoms with van der Waals surface area (Å²) < 4.78 is 0. The fourth-order valence-electron chi connectivity index (χ4n) is 3.40. The van der Waals surface area contributed by atoms with Gasteiger partial charge in [-0.2, -0.15) is 0 Å². The van der Waals surface area contributed by atoms with Crippen molar-refractivity contribution in [1.82, 2.24) is 10.6 Å². The monoisotopic (exact) mass is 284 g/mol. The van der Waals surface area contributed by atoms with Crippen LogP contribution in [0.1, 0.15) is 42.7 Å². The van der Waals surface area contributed by atoms with Crippen molar-refractivity contribution in [2.45, 2.75) is 38.0 Å². The third-order valence-corrected chi connectivity index (χ3v) is 4.60. The summed E-state index contributed by atoms with van der Waals surface area (Å²) in [5.41, 5.74) is 4.17. The minimum Gasteiger partial charge on any atom is -0.352 e. The molecule has 0 fully saturated rings. The van der Waals surface area contributed by atoms with Crippen LogP contribution in [0.3, 0.4) is 0 Å². The van der Waals surface area contributed by atoms with Gasteiger partial charge in [0.2, 0.25) is 5.91 Å². The second kappa shape index (κ2) is 6.90. The van der Waals surface area contributed by atoms with Crippen LogP contribution >= 0.6 is 0 Å². The second-order valence-corrected chi connectivity index (χ2v) is 6.09. The number of hydrogen-bond acceptors (Lipinski definition) is 2. The summed E-state index contributed by atoms with van der Waals surface area (Å²) in [5, 5.41) is 6.39. The first-order valence-electron chi connectivity index (χ1n) is 8.06. The summed E-state index contributed by atoms with van der Waals surface area (Å²) in [7, 11) is 0.